The van der Waals surface area contributed by atoms with Gasteiger partial charge in [-0.3, -0.25) is 9.59 Å². The molecule has 1 aliphatic heterocycles. The molecule has 2 aromatic rings. The van der Waals surface area contributed by atoms with Crippen LogP contribution in [-0.2, 0) is 19.5 Å². The van der Waals surface area contributed by atoms with Crippen molar-refractivity contribution in [1.29, 1.82) is 0 Å². The van der Waals surface area contributed by atoms with Gasteiger partial charge in [0.15, 0.2) is 5.82 Å². The molecule has 0 bridgehead atoms. The number of rotatable bonds is 8. The van der Waals surface area contributed by atoms with Crippen molar-refractivity contribution in [2.45, 2.75) is 58.5 Å². The minimum Gasteiger partial charge on any atom is -0.351 e. The zero-order valence-corrected chi connectivity index (χ0v) is 16.9. The van der Waals surface area contributed by atoms with E-state index in [0.717, 1.165) is 56.3 Å². The van der Waals surface area contributed by atoms with Crippen molar-refractivity contribution < 1.29 is 9.59 Å². The smallest absolute Gasteiger partial charge is 0.289 e. The number of unbranched alkanes of at least 4 members (excludes halogenated alkanes) is 2. The van der Waals surface area contributed by atoms with Gasteiger partial charge in [-0.25, -0.2) is 4.98 Å². The number of hydrogen-bond donors (Lipinski definition) is 1. The third kappa shape index (κ3) is 4.61. The fraction of sp³-hybridized carbons (Fsp3) is 0.500. The highest BCUT2D eigenvalue weighted by Crippen LogP contribution is 2.22. The molecule has 0 fully saturated rings. The van der Waals surface area contributed by atoms with Gasteiger partial charge in [0, 0.05) is 26.7 Å². The predicted molar refractivity (Wildman–Crippen MR) is 109 cm³/mol. The summed E-state index contributed by atoms with van der Waals surface area (Å²) in [5.41, 5.74) is 2.39. The van der Waals surface area contributed by atoms with Crippen molar-refractivity contribution in [3.63, 3.8) is 0 Å². The molecule has 0 unspecified atom stereocenters. The van der Waals surface area contributed by atoms with Crippen LogP contribution in [0, 0.1) is 0 Å². The second-order valence-electron chi connectivity index (χ2n) is 7.45. The lowest BCUT2D eigenvalue weighted by molar-refractivity contribution is 0.0766. The number of benzene rings is 1. The molecule has 0 atom stereocenters. The van der Waals surface area contributed by atoms with Crippen molar-refractivity contribution in [2.24, 2.45) is 0 Å². The van der Waals surface area contributed by atoms with Crippen LogP contribution in [0.3, 0.4) is 0 Å². The summed E-state index contributed by atoms with van der Waals surface area (Å²) in [4.78, 5) is 31.9. The van der Waals surface area contributed by atoms with E-state index >= 15 is 0 Å². The zero-order chi connectivity index (χ0) is 19.9. The molecule has 0 radical (unpaired) electrons. The number of nitrogens with zero attached hydrogens (tertiary/aromatic N) is 3. The second kappa shape index (κ2) is 9.53. The Hall–Kier alpha value is -2.63. The Bertz CT molecular complexity index is 813. The molecule has 1 aliphatic rings. The summed E-state index contributed by atoms with van der Waals surface area (Å²) in [6, 6.07) is 9.89. The number of carbonyl (C=O) groups is 2. The lowest BCUT2D eigenvalue weighted by Crippen LogP contribution is -2.30. The first kappa shape index (κ1) is 20.1. The standard InChI is InChI=1S/C22H30N4O2/c1-3-4-9-14-23-21(27)19-18-13-8-10-15-26(18)20(24-19)22(28)25(2)16-17-11-6-5-7-12-17/h5-7,11-12H,3-4,8-10,13-16H2,1-2H3,(H,23,27). The third-order valence-electron chi connectivity index (χ3n) is 5.20. The van der Waals surface area contributed by atoms with Gasteiger partial charge < -0.3 is 14.8 Å². The van der Waals surface area contributed by atoms with Crippen LogP contribution in [0.15, 0.2) is 30.3 Å². The van der Waals surface area contributed by atoms with Crippen LogP contribution >= 0.6 is 0 Å². The fourth-order valence-electron chi connectivity index (χ4n) is 3.65. The lowest BCUT2D eigenvalue weighted by Gasteiger charge is -2.20. The van der Waals surface area contributed by atoms with Crippen molar-refractivity contribution >= 4 is 11.8 Å². The molecule has 0 saturated carbocycles. The Morgan fingerprint density at radius 3 is 2.71 bits per heavy atom. The molecule has 6 nitrogen and oxygen atoms in total. The maximum absolute atomic E-state index is 13.1. The van der Waals surface area contributed by atoms with Gasteiger partial charge in [-0.1, -0.05) is 50.1 Å². The summed E-state index contributed by atoms with van der Waals surface area (Å²) in [6.07, 6.45) is 5.99. The Balaban J connectivity index is 1.78. The quantitative estimate of drug-likeness (QED) is 0.712. The van der Waals surface area contributed by atoms with E-state index in [0.29, 0.717) is 24.6 Å². The Morgan fingerprint density at radius 2 is 1.96 bits per heavy atom. The number of amides is 2. The molecule has 0 aliphatic carbocycles. The van der Waals surface area contributed by atoms with E-state index in [2.05, 4.69) is 17.2 Å². The van der Waals surface area contributed by atoms with Gasteiger partial charge in [-0.2, -0.15) is 0 Å². The first-order chi connectivity index (χ1) is 13.6. The van der Waals surface area contributed by atoms with Gasteiger partial charge >= 0.3 is 0 Å². The number of hydrogen-bond acceptors (Lipinski definition) is 3. The summed E-state index contributed by atoms with van der Waals surface area (Å²) in [6.45, 7) is 4.04. The second-order valence-corrected chi connectivity index (χ2v) is 7.45. The van der Waals surface area contributed by atoms with Crippen LogP contribution in [0.4, 0.5) is 0 Å². The summed E-state index contributed by atoms with van der Waals surface area (Å²) in [5, 5.41) is 2.97. The summed E-state index contributed by atoms with van der Waals surface area (Å²) in [7, 11) is 1.78. The van der Waals surface area contributed by atoms with Crippen LogP contribution in [0.5, 0.6) is 0 Å². The average Bonchev–Trinajstić information content (AvgIpc) is 3.11. The molecule has 0 spiro atoms. The number of nitrogens with one attached hydrogen (secondary N) is 1. The fourth-order valence-corrected chi connectivity index (χ4v) is 3.65. The zero-order valence-electron chi connectivity index (χ0n) is 16.9. The molecule has 1 aromatic carbocycles. The van der Waals surface area contributed by atoms with Crippen LogP contribution in [0.2, 0.25) is 0 Å². The maximum Gasteiger partial charge on any atom is 0.289 e. The maximum atomic E-state index is 13.1. The van der Waals surface area contributed by atoms with E-state index in [1.807, 2.05) is 34.9 Å². The Labute approximate surface area is 166 Å². The summed E-state index contributed by atoms with van der Waals surface area (Å²) >= 11 is 0. The van der Waals surface area contributed by atoms with E-state index in [-0.39, 0.29) is 11.8 Å². The minimum atomic E-state index is -0.161. The summed E-state index contributed by atoms with van der Waals surface area (Å²) in [5.74, 6) is 0.0791. The number of aromatic nitrogens is 2. The van der Waals surface area contributed by atoms with E-state index in [9.17, 15) is 9.59 Å². The van der Waals surface area contributed by atoms with E-state index < -0.39 is 0 Å². The van der Waals surface area contributed by atoms with E-state index in [1.54, 1.807) is 11.9 Å². The molecule has 28 heavy (non-hydrogen) atoms. The third-order valence-corrected chi connectivity index (χ3v) is 5.20. The van der Waals surface area contributed by atoms with Crippen molar-refractivity contribution in [1.82, 2.24) is 19.8 Å². The van der Waals surface area contributed by atoms with Crippen molar-refractivity contribution in [3.8, 4) is 0 Å². The van der Waals surface area contributed by atoms with Gasteiger partial charge in [0.05, 0.1) is 5.69 Å². The normalized spacial score (nSPS) is 13.1. The number of imidazole rings is 1. The molecule has 150 valence electrons. The Morgan fingerprint density at radius 1 is 1.18 bits per heavy atom. The molecule has 1 N–H and O–H groups in total. The van der Waals surface area contributed by atoms with Crippen LogP contribution < -0.4 is 5.32 Å². The molecule has 2 amide bonds. The van der Waals surface area contributed by atoms with Crippen molar-refractivity contribution in [2.75, 3.05) is 13.6 Å². The van der Waals surface area contributed by atoms with Crippen LogP contribution in [0.25, 0.3) is 0 Å². The first-order valence-corrected chi connectivity index (χ1v) is 10.3. The molecular weight excluding hydrogens is 352 g/mol. The van der Waals surface area contributed by atoms with Gasteiger partial charge in [0.2, 0.25) is 0 Å². The van der Waals surface area contributed by atoms with Gasteiger partial charge in [-0.15, -0.1) is 0 Å². The van der Waals surface area contributed by atoms with Gasteiger partial charge in [0.25, 0.3) is 11.8 Å². The van der Waals surface area contributed by atoms with E-state index in [4.69, 9.17) is 0 Å². The van der Waals surface area contributed by atoms with Gasteiger partial charge in [-0.05, 0) is 31.2 Å². The first-order valence-electron chi connectivity index (χ1n) is 10.3. The minimum absolute atomic E-state index is 0.142. The molecule has 0 saturated heterocycles. The average molecular weight is 383 g/mol. The lowest BCUT2D eigenvalue weighted by atomic mass is 10.1. The summed E-state index contributed by atoms with van der Waals surface area (Å²) < 4.78 is 1.95. The highest BCUT2D eigenvalue weighted by Gasteiger charge is 2.28. The van der Waals surface area contributed by atoms with Crippen molar-refractivity contribution in [3.05, 3.63) is 53.1 Å². The molecule has 3 rings (SSSR count). The Kier molecular flexibility index (Phi) is 6.85. The SMILES string of the molecule is CCCCCNC(=O)c1nc(C(=O)N(C)Cc2ccccc2)n2c1CCCC2. The highest BCUT2D eigenvalue weighted by atomic mass is 16.2. The van der Waals surface area contributed by atoms with Crippen LogP contribution in [0.1, 0.15) is 71.4 Å². The topological polar surface area (TPSA) is 67.2 Å². The molecule has 1 aromatic heterocycles. The monoisotopic (exact) mass is 382 g/mol. The molecular formula is C22H30N4O2. The number of fused-ring (bicyclic) bond motifs is 1. The predicted octanol–water partition coefficient (Wildman–Crippen LogP) is 3.41. The van der Waals surface area contributed by atoms with E-state index in [1.165, 1.54) is 0 Å². The number of carbonyl (C=O) groups excluding carboxylic acids is 2. The molecule has 2 heterocycles. The molecule has 6 heteroatoms. The highest BCUT2D eigenvalue weighted by molar-refractivity contribution is 5.97. The largest absolute Gasteiger partial charge is 0.351 e. The van der Waals surface area contributed by atoms with Gasteiger partial charge in [0.1, 0.15) is 5.69 Å². The van der Waals surface area contributed by atoms with Crippen LogP contribution in [-0.4, -0.2) is 39.9 Å².